The Bertz CT molecular complexity index is 912. The number of hydrogen-bond acceptors (Lipinski definition) is 4. The molecule has 30 heavy (non-hydrogen) atoms. The third-order valence-corrected chi connectivity index (χ3v) is 4.34. The minimum Gasteiger partial charge on any atom is -0.478 e. The Balaban J connectivity index is 1.95. The quantitative estimate of drug-likeness (QED) is 0.661. The summed E-state index contributed by atoms with van der Waals surface area (Å²) in [5.41, 5.74) is -0.718. The molecule has 2 aromatic carbocycles. The number of benzene rings is 2. The summed E-state index contributed by atoms with van der Waals surface area (Å²) in [5.74, 6) is -25.9. The van der Waals surface area contributed by atoms with Gasteiger partial charge in [-0.05, 0) is 48.5 Å². The van der Waals surface area contributed by atoms with Crippen LogP contribution >= 0.6 is 0 Å². The van der Waals surface area contributed by atoms with Crippen molar-refractivity contribution >= 4 is 11.9 Å². The molecule has 0 amide bonds. The number of alkyl halides is 6. The molecule has 1 aliphatic carbocycles. The number of hydrogen-bond donors (Lipinski definition) is 2. The van der Waals surface area contributed by atoms with Gasteiger partial charge in [0.2, 0.25) is 0 Å². The maximum Gasteiger partial charge on any atom is 0.395 e. The van der Waals surface area contributed by atoms with E-state index < -0.39 is 47.0 Å². The van der Waals surface area contributed by atoms with Crippen LogP contribution in [0.25, 0.3) is 0 Å². The SMILES string of the molecule is O=C(O)c1ccc(OC2(F)C(F)(F)C(F)(F)C2(F)Oc2ccc(C(=O)O)cc2)cc1. The fourth-order valence-corrected chi connectivity index (χ4v) is 2.66. The number of rotatable bonds is 6. The Kier molecular flexibility index (Phi) is 4.64. The van der Waals surface area contributed by atoms with Crippen molar-refractivity contribution in [2.75, 3.05) is 0 Å². The van der Waals surface area contributed by atoms with E-state index in [2.05, 4.69) is 9.47 Å². The van der Waals surface area contributed by atoms with Crippen molar-refractivity contribution in [2.45, 2.75) is 23.6 Å². The molecular formula is C18H10F6O6. The molecule has 2 unspecified atom stereocenters. The lowest BCUT2D eigenvalue weighted by atomic mass is 9.76. The van der Waals surface area contributed by atoms with Crippen LogP contribution in [0.5, 0.6) is 11.5 Å². The van der Waals surface area contributed by atoms with E-state index in [1.54, 1.807) is 0 Å². The van der Waals surface area contributed by atoms with Gasteiger partial charge in [-0.3, -0.25) is 0 Å². The van der Waals surface area contributed by atoms with Gasteiger partial charge in [0.05, 0.1) is 11.1 Å². The number of halogens is 6. The second-order valence-corrected chi connectivity index (χ2v) is 6.20. The van der Waals surface area contributed by atoms with Crippen LogP contribution in [0.15, 0.2) is 48.5 Å². The maximum absolute atomic E-state index is 14.9. The van der Waals surface area contributed by atoms with Crippen LogP contribution < -0.4 is 9.47 Å². The predicted octanol–water partition coefficient (Wildman–Crippen LogP) is 4.16. The molecule has 0 aliphatic heterocycles. The van der Waals surface area contributed by atoms with Crippen molar-refractivity contribution in [3.8, 4) is 11.5 Å². The van der Waals surface area contributed by atoms with E-state index in [0.29, 0.717) is 24.3 Å². The van der Waals surface area contributed by atoms with E-state index in [0.717, 1.165) is 24.3 Å². The van der Waals surface area contributed by atoms with Crippen LogP contribution in [0.2, 0.25) is 0 Å². The van der Waals surface area contributed by atoms with Gasteiger partial charge in [0.15, 0.2) is 0 Å². The number of carbonyl (C=O) groups is 2. The van der Waals surface area contributed by atoms with Crippen LogP contribution in [0, 0.1) is 0 Å². The van der Waals surface area contributed by atoms with E-state index in [9.17, 15) is 35.9 Å². The zero-order valence-corrected chi connectivity index (χ0v) is 14.4. The Hall–Kier alpha value is -3.44. The van der Waals surface area contributed by atoms with Gasteiger partial charge in [0.25, 0.3) is 0 Å². The minimum absolute atomic E-state index is 0.359. The predicted molar refractivity (Wildman–Crippen MR) is 85.6 cm³/mol. The van der Waals surface area contributed by atoms with Crippen molar-refractivity contribution < 1.29 is 55.6 Å². The molecule has 0 aromatic heterocycles. The van der Waals surface area contributed by atoms with E-state index in [1.807, 2.05) is 0 Å². The molecule has 2 N–H and O–H groups in total. The number of aromatic carboxylic acids is 2. The smallest absolute Gasteiger partial charge is 0.395 e. The van der Waals surface area contributed by atoms with Gasteiger partial charge < -0.3 is 19.7 Å². The fourth-order valence-electron chi connectivity index (χ4n) is 2.66. The Morgan fingerprint density at radius 3 is 1.10 bits per heavy atom. The average Bonchev–Trinajstić information content (AvgIpc) is 2.67. The average molecular weight is 436 g/mol. The Labute approximate surface area is 163 Å². The largest absolute Gasteiger partial charge is 0.478 e. The molecule has 1 saturated carbocycles. The summed E-state index contributed by atoms with van der Waals surface area (Å²) >= 11 is 0. The Morgan fingerprint density at radius 2 is 0.867 bits per heavy atom. The summed E-state index contributed by atoms with van der Waals surface area (Å²) in [6.07, 6.45) is 0. The van der Waals surface area contributed by atoms with Gasteiger partial charge in [0, 0.05) is 0 Å². The van der Waals surface area contributed by atoms with Crippen molar-refractivity contribution in [1.29, 1.82) is 0 Å². The first-order valence-corrected chi connectivity index (χ1v) is 7.95. The highest BCUT2D eigenvalue weighted by atomic mass is 19.3. The molecule has 12 heteroatoms. The fraction of sp³-hybridized carbons (Fsp3) is 0.222. The molecule has 6 nitrogen and oxygen atoms in total. The zero-order chi connectivity index (χ0) is 22.5. The molecule has 0 bridgehead atoms. The van der Waals surface area contributed by atoms with E-state index in [4.69, 9.17) is 10.2 Å². The van der Waals surface area contributed by atoms with Gasteiger partial charge in [-0.2, -0.15) is 26.3 Å². The third kappa shape index (κ3) is 2.74. The number of ether oxygens (including phenoxy) is 2. The normalized spacial score (nSPS) is 26.3. The first kappa shape index (κ1) is 21.3. The first-order chi connectivity index (χ1) is 13.8. The van der Waals surface area contributed by atoms with Gasteiger partial charge in [0.1, 0.15) is 11.5 Å². The minimum atomic E-state index is -5.67. The summed E-state index contributed by atoms with van der Waals surface area (Å²) in [4.78, 5) is 21.5. The van der Waals surface area contributed by atoms with Crippen molar-refractivity contribution in [3.05, 3.63) is 59.7 Å². The third-order valence-electron chi connectivity index (χ3n) is 4.34. The van der Waals surface area contributed by atoms with E-state index >= 15 is 0 Å². The highest BCUT2D eigenvalue weighted by Gasteiger charge is 3.03. The molecule has 0 saturated heterocycles. The molecule has 0 radical (unpaired) electrons. The maximum atomic E-state index is 14.9. The molecule has 1 aliphatic rings. The first-order valence-electron chi connectivity index (χ1n) is 7.95. The van der Waals surface area contributed by atoms with E-state index in [1.165, 1.54) is 0 Å². The monoisotopic (exact) mass is 436 g/mol. The second kappa shape index (κ2) is 6.54. The summed E-state index contributed by atoms with van der Waals surface area (Å²) in [5, 5.41) is 17.5. The highest BCUT2D eigenvalue weighted by Crippen LogP contribution is 2.68. The molecule has 3 rings (SSSR count). The summed E-state index contributed by atoms with van der Waals surface area (Å²) in [7, 11) is 0. The highest BCUT2D eigenvalue weighted by molar-refractivity contribution is 5.88. The standard InChI is InChI=1S/C18H10F6O6/c19-15(20)16(21,22)18(24,30-12-7-3-10(4-8-12)14(27)28)17(15,23)29-11-5-1-9(2-6-11)13(25)26/h1-8H,(H,25,26)(H,27,28). The molecule has 2 atom stereocenters. The number of carboxylic acid groups (broad SMARTS) is 2. The lowest BCUT2D eigenvalue weighted by Gasteiger charge is -2.55. The Morgan fingerprint density at radius 1 is 0.600 bits per heavy atom. The van der Waals surface area contributed by atoms with Crippen molar-refractivity contribution in [3.63, 3.8) is 0 Å². The van der Waals surface area contributed by atoms with Crippen LogP contribution in [0.4, 0.5) is 26.3 Å². The molecular weight excluding hydrogens is 426 g/mol. The molecule has 1 fully saturated rings. The van der Waals surface area contributed by atoms with Crippen molar-refractivity contribution in [1.82, 2.24) is 0 Å². The van der Waals surface area contributed by atoms with E-state index in [-0.39, 0.29) is 11.1 Å². The second-order valence-electron chi connectivity index (χ2n) is 6.20. The zero-order valence-electron chi connectivity index (χ0n) is 14.4. The molecule has 2 aromatic rings. The van der Waals surface area contributed by atoms with Crippen LogP contribution in [-0.2, 0) is 0 Å². The summed E-state index contributed by atoms with van der Waals surface area (Å²) in [6.45, 7) is 0. The topological polar surface area (TPSA) is 93.1 Å². The lowest BCUT2D eigenvalue weighted by Crippen LogP contribution is -2.89. The van der Waals surface area contributed by atoms with Crippen molar-refractivity contribution in [2.24, 2.45) is 0 Å². The van der Waals surface area contributed by atoms with Gasteiger partial charge in [-0.15, -0.1) is 0 Å². The lowest BCUT2D eigenvalue weighted by molar-refractivity contribution is -0.527. The molecule has 0 spiro atoms. The van der Waals surface area contributed by atoms with Crippen LogP contribution in [0.1, 0.15) is 20.7 Å². The van der Waals surface area contributed by atoms with Gasteiger partial charge >= 0.3 is 35.5 Å². The summed E-state index contributed by atoms with van der Waals surface area (Å²) < 4.78 is 93.7. The molecule has 160 valence electrons. The van der Waals surface area contributed by atoms with Gasteiger partial charge in [-0.25, -0.2) is 9.59 Å². The molecule has 0 heterocycles. The van der Waals surface area contributed by atoms with Crippen LogP contribution in [0.3, 0.4) is 0 Å². The van der Waals surface area contributed by atoms with Gasteiger partial charge in [-0.1, -0.05) is 0 Å². The van der Waals surface area contributed by atoms with Crippen LogP contribution in [-0.4, -0.2) is 45.7 Å². The number of carboxylic acids is 2. The summed E-state index contributed by atoms with van der Waals surface area (Å²) in [6, 6.07) is 5.84.